The Labute approximate surface area is 80.1 Å². The van der Waals surface area contributed by atoms with E-state index >= 15 is 0 Å². The number of primary sulfonamides is 1. The van der Waals surface area contributed by atoms with Crippen LogP contribution in [0.25, 0.3) is 0 Å². The van der Waals surface area contributed by atoms with E-state index < -0.39 is 10.0 Å². The fourth-order valence-corrected chi connectivity index (χ4v) is 2.87. The zero-order valence-corrected chi connectivity index (χ0v) is 9.05. The summed E-state index contributed by atoms with van der Waals surface area (Å²) in [6.45, 7) is 0. The average Bonchev–Trinajstić information content (AvgIpc) is 2.03. The van der Waals surface area contributed by atoms with Crippen LogP contribution < -0.4 is 5.14 Å². The minimum Gasteiger partial charge on any atom is -0.306 e. The van der Waals surface area contributed by atoms with Crippen molar-refractivity contribution >= 4 is 10.0 Å². The lowest BCUT2D eigenvalue weighted by molar-refractivity contribution is 0.230. The zero-order chi connectivity index (χ0) is 10.1. The van der Waals surface area contributed by atoms with Gasteiger partial charge < -0.3 is 4.90 Å². The molecule has 0 amide bonds. The summed E-state index contributed by atoms with van der Waals surface area (Å²) in [4.78, 5) is 2.08. The van der Waals surface area contributed by atoms with Gasteiger partial charge in [-0.2, -0.15) is 0 Å². The number of rotatable bonds is 2. The van der Waals surface area contributed by atoms with Crippen LogP contribution in [0.5, 0.6) is 0 Å². The van der Waals surface area contributed by atoms with Crippen LogP contribution in [0.1, 0.15) is 25.7 Å². The van der Waals surface area contributed by atoms with Crippen LogP contribution in [0.15, 0.2) is 0 Å². The smallest absolute Gasteiger partial charge is 0.212 e. The van der Waals surface area contributed by atoms with Gasteiger partial charge in [0.1, 0.15) is 0 Å². The molecule has 1 saturated carbocycles. The van der Waals surface area contributed by atoms with E-state index in [-0.39, 0.29) is 5.25 Å². The molecule has 0 aromatic carbocycles. The summed E-state index contributed by atoms with van der Waals surface area (Å²) in [5, 5.41) is 4.80. The highest BCUT2D eigenvalue weighted by Crippen LogP contribution is 2.25. The van der Waals surface area contributed by atoms with E-state index in [0.717, 1.165) is 19.3 Å². The largest absolute Gasteiger partial charge is 0.306 e. The van der Waals surface area contributed by atoms with Crippen LogP contribution in [-0.2, 0) is 10.0 Å². The number of hydrogen-bond acceptors (Lipinski definition) is 3. The van der Waals surface area contributed by atoms with Gasteiger partial charge in [-0.25, -0.2) is 13.6 Å². The number of sulfonamides is 1. The molecule has 0 saturated heterocycles. The molecule has 1 fully saturated rings. The molecule has 1 aliphatic rings. The van der Waals surface area contributed by atoms with Crippen molar-refractivity contribution in [1.29, 1.82) is 0 Å². The Kier molecular flexibility index (Phi) is 3.32. The first-order chi connectivity index (χ1) is 5.91. The lowest BCUT2D eigenvalue weighted by atomic mass is 9.94. The summed E-state index contributed by atoms with van der Waals surface area (Å²) >= 11 is 0. The van der Waals surface area contributed by atoms with E-state index in [1.165, 1.54) is 0 Å². The molecule has 0 heterocycles. The van der Waals surface area contributed by atoms with E-state index in [1.807, 2.05) is 14.1 Å². The third kappa shape index (κ3) is 2.93. The van der Waals surface area contributed by atoms with Crippen LogP contribution in [0.3, 0.4) is 0 Å². The van der Waals surface area contributed by atoms with Crippen LogP contribution in [0.4, 0.5) is 0 Å². The third-order valence-corrected chi connectivity index (χ3v) is 4.15. The summed E-state index contributed by atoms with van der Waals surface area (Å²) in [6.07, 6.45) is 3.46. The molecule has 0 radical (unpaired) electrons. The molecule has 0 spiro atoms. The molecular formula is C8H18N2O2S. The van der Waals surface area contributed by atoms with Gasteiger partial charge in [0.2, 0.25) is 10.0 Å². The molecule has 0 aromatic rings. The molecule has 1 rings (SSSR count). The van der Waals surface area contributed by atoms with E-state index in [4.69, 9.17) is 5.14 Å². The van der Waals surface area contributed by atoms with Gasteiger partial charge in [-0.05, 0) is 33.4 Å². The van der Waals surface area contributed by atoms with Gasteiger partial charge in [0.05, 0.1) is 5.25 Å². The molecule has 4 nitrogen and oxygen atoms in total. The van der Waals surface area contributed by atoms with Crippen LogP contribution in [-0.4, -0.2) is 38.7 Å². The second kappa shape index (κ2) is 3.94. The Bertz CT molecular complexity index is 261. The second-order valence-electron chi connectivity index (χ2n) is 4.00. The molecule has 13 heavy (non-hydrogen) atoms. The molecule has 2 N–H and O–H groups in total. The second-order valence-corrected chi connectivity index (χ2v) is 5.84. The molecule has 2 atom stereocenters. The van der Waals surface area contributed by atoms with Gasteiger partial charge in [0.15, 0.2) is 0 Å². The Morgan fingerprint density at radius 1 is 1.31 bits per heavy atom. The molecule has 2 unspecified atom stereocenters. The fourth-order valence-electron chi connectivity index (χ4n) is 1.89. The highest BCUT2D eigenvalue weighted by Gasteiger charge is 2.29. The Morgan fingerprint density at radius 2 is 1.92 bits per heavy atom. The van der Waals surface area contributed by atoms with Crippen molar-refractivity contribution in [3.63, 3.8) is 0 Å². The van der Waals surface area contributed by atoms with Crippen molar-refractivity contribution in [2.75, 3.05) is 14.1 Å². The normalized spacial score (nSPS) is 30.8. The predicted octanol–water partition coefficient (Wildman–Crippen LogP) is 0.148. The highest BCUT2D eigenvalue weighted by atomic mass is 32.2. The van der Waals surface area contributed by atoms with Crippen molar-refractivity contribution in [3.05, 3.63) is 0 Å². The van der Waals surface area contributed by atoms with Crippen LogP contribution in [0.2, 0.25) is 0 Å². The fraction of sp³-hybridized carbons (Fsp3) is 1.00. The summed E-state index contributed by atoms with van der Waals surface area (Å²) in [5.41, 5.74) is 0. The van der Waals surface area contributed by atoms with E-state index in [0.29, 0.717) is 12.5 Å². The molecule has 1 aliphatic carbocycles. The summed E-state index contributed by atoms with van der Waals surface area (Å²) < 4.78 is 22.2. The van der Waals surface area contributed by atoms with Crippen molar-refractivity contribution in [2.45, 2.75) is 37.0 Å². The number of nitrogens with zero attached hydrogens (tertiary/aromatic N) is 1. The van der Waals surface area contributed by atoms with E-state index in [9.17, 15) is 8.42 Å². The van der Waals surface area contributed by atoms with Crippen LogP contribution >= 0.6 is 0 Å². The minimum atomic E-state index is -3.32. The maximum absolute atomic E-state index is 11.1. The maximum atomic E-state index is 11.1. The van der Waals surface area contributed by atoms with Gasteiger partial charge >= 0.3 is 0 Å². The Morgan fingerprint density at radius 3 is 2.38 bits per heavy atom. The van der Waals surface area contributed by atoms with Gasteiger partial charge in [-0.15, -0.1) is 0 Å². The summed E-state index contributed by atoms with van der Waals surface area (Å²) in [5.74, 6) is 0. The lowest BCUT2D eigenvalue weighted by Crippen LogP contribution is -2.40. The quantitative estimate of drug-likeness (QED) is 0.699. The van der Waals surface area contributed by atoms with E-state index in [2.05, 4.69) is 4.90 Å². The van der Waals surface area contributed by atoms with Crippen molar-refractivity contribution in [2.24, 2.45) is 5.14 Å². The monoisotopic (exact) mass is 206 g/mol. The highest BCUT2D eigenvalue weighted by molar-refractivity contribution is 7.89. The van der Waals surface area contributed by atoms with Gasteiger partial charge in [-0.3, -0.25) is 0 Å². The Hall–Kier alpha value is -0.130. The minimum absolute atomic E-state index is 0.325. The van der Waals surface area contributed by atoms with Gasteiger partial charge in [-0.1, -0.05) is 6.42 Å². The first-order valence-electron chi connectivity index (χ1n) is 4.59. The van der Waals surface area contributed by atoms with Gasteiger partial charge in [0, 0.05) is 6.04 Å². The molecular weight excluding hydrogens is 188 g/mol. The molecule has 0 bridgehead atoms. The number of hydrogen-bond donors (Lipinski definition) is 1. The molecule has 0 aliphatic heterocycles. The number of nitrogens with two attached hydrogens (primary N) is 1. The lowest BCUT2D eigenvalue weighted by Gasteiger charge is -2.32. The van der Waals surface area contributed by atoms with Gasteiger partial charge in [0.25, 0.3) is 0 Å². The first-order valence-corrected chi connectivity index (χ1v) is 6.20. The molecule has 5 heteroatoms. The SMILES string of the molecule is CN(C)C1CCCC(S(N)(=O)=O)C1. The third-order valence-electron chi connectivity index (χ3n) is 2.79. The van der Waals surface area contributed by atoms with Crippen molar-refractivity contribution < 1.29 is 8.42 Å². The van der Waals surface area contributed by atoms with Crippen LogP contribution in [0, 0.1) is 0 Å². The summed E-state index contributed by atoms with van der Waals surface area (Å²) in [7, 11) is 0.646. The zero-order valence-electron chi connectivity index (χ0n) is 8.23. The van der Waals surface area contributed by atoms with E-state index in [1.54, 1.807) is 0 Å². The summed E-state index contributed by atoms with van der Waals surface area (Å²) in [6, 6.07) is 0.372. The van der Waals surface area contributed by atoms with Crippen molar-refractivity contribution in [3.8, 4) is 0 Å². The molecule has 78 valence electrons. The Balaban J connectivity index is 2.62. The molecule has 0 aromatic heterocycles. The first kappa shape index (κ1) is 10.9. The predicted molar refractivity (Wildman–Crippen MR) is 52.8 cm³/mol. The average molecular weight is 206 g/mol. The van der Waals surface area contributed by atoms with Crippen molar-refractivity contribution in [1.82, 2.24) is 4.90 Å². The maximum Gasteiger partial charge on any atom is 0.212 e. The standard InChI is InChI=1S/C8H18N2O2S/c1-10(2)7-4-3-5-8(6-7)13(9,11)12/h7-8H,3-6H2,1-2H3,(H2,9,11,12). The topological polar surface area (TPSA) is 63.4 Å².